The van der Waals surface area contributed by atoms with Gasteiger partial charge >= 0.3 is 11.9 Å². The molecule has 0 aliphatic carbocycles. The van der Waals surface area contributed by atoms with Gasteiger partial charge in [-0.25, -0.2) is 9.59 Å². The molecule has 0 amide bonds. The van der Waals surface area contributed by atoms with E-state index in [0.29, 0.717) is 31.3 Å². The molecule has 9 nitrogen and oxygen atoms in total. The molecule has 40 heavy (non-hydrogen) atoms. The molecule has 1 aliphatic rings. The first-order chi connectivity index (χ1) is 19.1. The smallest absolute Gasteiger partial charge is 0.336 e. The number of hydrogen-bond donors (Lipinski definition) is 4. The number of carbonyl (C=O) groups is 2. The Kier molecular flexibility index (Phi) is 10.7. The summed E-state index contributed by atoms with van der Waals surface area (Å²) in [4.78, 5) is 24.4. The molecule has 1 atom stereocenters. The number of aliphatic hydroxyl groups excluding tert-OH is 1. The lowest BCUT2D eigenvalue weighted by Gasteiger charge is -2.25. The number of benzene rings is 2. The minimum Gasteiger partial charge on any atom is -0.508 e. The molecule has 0 saturated carbocycles. The summed E-state index contributed by atoms with van der Waals surface area (Å²) in [6, 6.07) is 10.3. The first kappa shape index (κ1) is 30.2. The molecule has 0 aromatic heterocycles. The number of phenolic OH excluding ortho intramolecular Hbond substituents is 3. The third kappa shape index (κ3) is 8.59. The van der Waals surface area contributed by atoms with E-state index in [-0.39, 0.29) is 36.0 Å². The summed E-state index contributed by atoms with van der Waals surface area (Å²) < 4.78 is 16.1. The molecule has 0 radical (unpaired) electrons. The lowest BCUT2D eigenvalue weighted by Crippen LogP contribution is -2.27. The van der Waals surface area contributed by atoms with Crippen molar-refractivity contribution < 1.29 is 44.2 Å². The Morgan fingerprint density at radius 3 is 2.35 bits per heavy atom. The summed E-state index contributed by atoms with van der Waals surface area (Å²) in [5, 5.41) is 38.7. The third-order valence-electron chi connectivity index (χ3n) is 6.23. The van der Waals surface area contributed by atoms with E-state index in [1.165, 1.54) is 43.5 Å². The third-order valence-corrected chi connectivity index (χ3v) is 6.23. The number of aliphatic hydroxyl groups is 1. The van der Waals surface area contributed by atoms with Crippen molar-refractivity contribution in [2.24, 2.45) is 0 Å². The van der Waals surface area contributed by atoms with Gasteiger partial charge in [0.05, 0.1) is 6.61 Å². The predicted molar refractivity (Wildman–Crippen MR) is 148 cm³/mol. The molecule has 0 bridgehead atoms. The summed E-state index contributed by atoms with van der Waals surface area (Å²) in [6.07, 6.45) is 10.3. The molecule has 2 aromatic rings. The van der Waals surface area contributed by atoms with Crippen LogP contribution >= 0.6 is 0 Å². The summed E-state index contributed by atoms with van der Waals surface area (Å²) >= 11 is 0. The van der Waals surface area contributed by atoms with Crippen molar-refractivity contribution in [1.82, 2.24) is 0 Å². The molecule has 9 heteroatoms. The average Bonchev–Trinajstić information content (AvgIpc) is 3.26. The van der Waals surface area contributed by atoms with Gasteiger partial charge in [0, 0.05) is 36.5 Å². The molecular weight excluding hydrogens is 516 g/mol. The van der Waals surface area contributed by atoms with E-state index in [0.717, 1.165) is 22.8 Å². The maximum Gasteiger partial charge on any atom is 0.336 e. The van der Waals surface area contributed by atoms with Gasteiger partial charge in [-0.3, -0.25) is 0 Å². The van der Waals surface area contributed by atoms with Crippen molar-refractivity contribution in [2.75, 3.05) is 20.3 Å². The Bertz CT molecular complexity index is 1300. The Morgan fingerprint density at radius 2 is 1.70 bits per heavy atom. The quantitative estimate of drug-likeness (QED) is 0.158. The van der Waals surface area contributed by atoms with Gasteiger partial charge in [0.15, 0.2) is 0 Å². The van der Waals surface area contributed by atoms with E-state index in [2.05, 4.69) is 0 Å². The zero-order chi connectivity index (χ0) is 29.1. The first-order valence-electron chi connectivity index (χ1n) is 12.8. The number of methoxy groups -OCH3 is 1. The summed E-state index contributed by atoms with van der Waals surface area (Å²) in [7, 11) is 1.36. The van der Waals surface area contributed by atoms with Crippen LogP contribution in [0.2, 0.25) is 0 Å². The van der Waals surface area contributed by atoms with Crippen molar-refractivity contribution in [3.05, 3.63) is 94.6 Å². The van der Waals surface area contributed by atoms with Gasteiger partial charge in [-0.2, -0.15) is 0 Å². The van der Waals surface area contributed by atoms with Crippen molar-refractivity contribution >= 4 is 18.0 Å². The van der Waals surface area contributed by atoms with E-state index in [9.17, 15) is 30.0 Å². The summed E-state index contributed by atoms with van der Waals surface area (Å²) in [5.41, 5.74) is 3.11. The lowest BCUT2D eigenvalue weighted by atomic mass is 10.0. The Balaban J connectivity index is 1.48. The van der Waals surface area contributed by atoms with Crippen LogP contribution in [0.15, 0.2) is 83.5 Å². The Labute approximate surface area is 232 Å². The van der Waals surface area contributed by atoms with Crippen LogP contribution in [0.25, 0.3) is 6.08 Å². The fourth-order valence-electron chi connectivity index (χ4n) is 4.08. The predicted octanol–water partition coefficient (Wildman–Crippen LogP) is 4.77. The number of hydrogen-bond acceptors (Lipinski definition) is 9. The van der Waals surface area contributed by atoms with Crippen LogP contribution in [-0.2, 0) is 29.6 Å². The number of esters is 2. The van der Waals surface area contributed by atoms with Gasteiger partial charge in [0.1, 0.15) is 23.9 Å². The van der Waals surface area contributed by atoms with E-state index < -0.39 is 17.7 Å². The first-order valence-corrected chi connectivity index (χ1v) is 12.8. The topological polar surface area (TPSA) is 143 Å². The summed E-state index contributed by atoms with van der Waals surface area (Å²) in [6.45, 7) is 1.87. The number of ether oxygens (including phenoxy) is 3. The van der Waals surface area contributed by atoms with Gasteiger partial charge in [-0.05, 0) is 79.7 Å². The monoisotopic (exact) mass is 550 g/mol. The molecule has 1 heterocycles. The van der Waals surface area contributed by atoms with Crippen molar-refractivity contribution in [2.45, 2.75) is 38.4 Å². The molecule has 0 fully saturated rings. The second-order valence-electron chi connectivity index (χ2n) is 9.35. The number of carbonyl (C=O) groups excluding carboxylic acids is 2. The van der Waals surface area contributed by atoms with E-state index in [4.69, 9.17) is 14.2 Å². The number of allylic oxidation sites excluding steroid dienone is 2. The van der Waals surface area contributed by atoms with Crippen molar-refractivity contribution in [1.29, 1.82) is 0 Å². The lowest BCUT2D eigenvalue weighted by molar-refractivity contribution is -0.193. The maximum absolute atomic E-state index is 12.5. The van der Waals surface area contributed by atoms with E-state index in [1.807, 2.05) is 19.1 Å². The average molecular weight is 551 g/mol. The molecule has 2 aromatic carbocycles. The highest BCUT2D eigenvalue weighted by Crippen LogP contribution is 2.39. The number of aromatic hydroxyl groups is 3. The molecule has 3 rings (SSSR count). The Morgan fingerprint density at radius 1 is 1.00 bits per heavy atom. The molecule has 212 valence electrons. The molecule has 0 unspecified atom stereocenters. The largest absolute Gasteiger partial charge is 0.508 e. The number of cyclic esters (lactones) is 1. The second-order valence-corrected chi connectivity index (χ2v) is 9.35. The van der Waals surface area contributed by atoms with Gasteiger partial charge in [-0.15, -0.1) is 0 Å². The summed E-state index contributed by atoms with van der Waals surface area (Å²) in [5.74, 6) is -2.81. The zero-order valence-electron chi connectivity index (χ0n) is 22.5. The van der Waals surface area contributed by atoms with Crippen LogP contribution in [0.1, 0.15) is 43.7 Å². The van der Waals surface area contributed by atoms with Crippen LogP contribution < -0.4 is 0 Å². The fourth-order valence-corrected chi connectivity index (χ4v) is 4.08. The number of rotatable bonds is 13. The van der Waals surface area contributed by atoms with E-state index >= 15 is 0 Å². The maximum atomic E-state index is 12.5. The van der Waals surface area contributed by atoms with Gasteiger partial charge in [0.2, 0.25) is 0 Å². The van der Waals surface area contributed by atoms with Crippen LogP contribution in [0.5, 0.6) is 17.2 Å². The Hall–Kier alpha value is -4.34. The molecule has 4 N–H and O–H groups in total. The standard InChI is InChI=1S/C31H34O9/c1-21(20-39-29(36)14-11-22-9-12-26(33)13-10-22)5-3-6-23(19-32)7-4-8-24-18-31(38-2,40-30(24)37)25-15-27(34)17-28(35)16-25/h5,7,9-18,32-35H,3-4,6,8,19-20H2,1-2H3/b14-11+,21-5+,23-7-/t31-/m1/s1. The van der Waals surface area contributed by atoms with Gasteiger partial charge in [-0.1, -0.05) is 24.3 Å². The zero-order valence-corrected chi connectivity index (χ0v) is 22.5. The van der Waals surface area contributed by atoms with Crippen LogP contribution in [0, 0.1) is 0 Å². The van der Waals surface area contributed by atoms with Crippen LogP contribution in [0.3, 0.4) is 0 Å². The van der Waals surface area contributed by atoms with Crippen molar-refractivity contribution in [3.8, 4) is 17.2 Å². The normalized spacial score (nSPS) is 17.7. The highest BCUT2D eigenvalue weighted by Gasteiger charge is 2.42. The van der Waals surface area contributed by atoms with Crippen LogP contribution in [0.4, 0.5) is 0 Å². The fraction of sp³-hybridized carbons (Fsp3) is 0.290. The molecule has 0 saturated heterocycles. The SMILES string of the molecule is CO[C@]1(c2cc(O)cc(O)c2)C=C(CC/C=C(\CO)CC/C=C(\C)COC(=O)/C=C/c2ccc(O)cc2)C(=O)O1. The van der Waals surface area contributed by atoms with Gasteiger partial charge < -0.3 is 34.6 Å². The molecule has 0 spiro atoms. The highest BCUT2D eigenvalue weighted by molar-refractivity contribution is 5.91. The minimum absolute atomic E-state index is 0.127. The number of phenols is 3. The minimum atomic E-state index is -1.54. The van der Waals surface area contributed by atoms with Gasteiger partial charge in [0.25, 0.3) is 5.79 Å². The van der Waals surface area contributed by atoms with E-state index in [1.54, 1.807) is 18.2 Å². The molecular formula is C31H34O9. The second kappa shape index (κ2) is 14.2. The highest BCUT2D eigenvalue weighted by atomic mass is 16.7. The van der Waals surface area contributed by atoms with Crippen molar-refractivity contribution in [3.63, 3.8) is 0 Å². The molecule has 1 aliphatic heterocycles. The van der Waals surface area contributed by atoms with Crippen LogP contribution in [-0.4, -0.2) is 52.7 Å².